The molecule has 1 unspecified atom stereocenters. The summed E-state index contributed by atoms with van der Waals surface area (Å²) in [7, 11) is 0. The molecule has 0 amide bonds. The van der Waals surface area contributed by atoms with Crippen LogP contribution in [0.3, 0.4) is 0 Å². The molecule has 1 atom stereocenters. The van der Waals surface area contributed by atoms with Crippen LogP contribution < -0.4 is 0 Å². The minimum atomic E-state index is -0.341. The van der Waals surface area contributed by atoms with Crippen LogP contribution in [0.2, 0.25) is 0 Å². The predicted octanol–water partition coefficient (Wildman–Crippen LogP) is 2.47. The topological polar surface area (TPSA) is 52.6 Å². The van der Waals surface area contributed by atoms with Gasteiger partial charge in [-0.2, -0.15) is 0 Å². The highest BCUT2D eigenvalue weighted by molar-refractivity contribution is 8.13. The number of carbonyl (C=O) groups is 2. The molecule has 0 spiro atoms. The van der Waals surface area contributed by atoms with E-state index in [2.05, 4.69) is 0 Å². The van der Waals surface area contributed by atoms with Crippen molar-refractivity contribution in [3.8, 4) is 0 Å². The Labute approximate surface area is 94.7 Å². The summed E-state index contributed by atoms with van der Waals surface area (Å²) in [5, 5.41) is -0.333. The van der Waals surface area contributed by atoms with E-state index < -0.39 is 0 Å². The van der Waals surface area contributed by atoms with Gasteiger partial charge in [0.05, 0.1) is 12.5 Å². The predicted molar refractivity (Wildman–Crippen MR) is 59.9 cm³/mol. The van der Waals surface area contributed by atoms with Gasteiger partial charge in [-0.3, -0.25) is 4.79 Å². The molecule has 0 aliphatic rings. The lowest BCUT2D eigenvalue weighted by Crippen LogP contribution is -2.22. The van der Waals surface area contributed by atoms with Gasteiger partial charge in [-0.25, -0.2) is 4.79 Å². The molecular formula is C10H18O4S. The summed E-state index contributed by atoms with van der Waals surface area (Å²) in [6.45, 7) is 5.95. The zero-order chi connectivity index (χ0) is 11.7. The van der Waals surface area contributed by atoms with E-state index in [1.165, 1.54) is 0 Å². The number of thioether (sulfide) groups is 1. The van der Waals surface area contributed by atoms with Gasteiger partial charge in [0.15, 0.2) is 0 Å². The van der Waals surface area contributed by atoms with Gasteiger partial charge in [0.1, 0.15) is 6.61 Å². The molecule has 0 saturated carbocycles. The monoisotopic (exact) mass is 234 g/mol. The molecule has 88 valence electrons. The van der Waals surface area contributed by atoms with E-state index in [4.69, 9.17) is 9.47 Å². The lowest BCUT2D eigenvalue weighted by molar-refractivity contribution is -0.149. The molecule has 0 aromatic carbocycles. The smallest absolute Gasteiger partial charge is 0.367 e. The highest BCUT2D eigenvalue weighted by Gasteiger charge is 2.19. The van der Waals surface area contributed by atoms with E-state index in [1.54, 1.807) is 6.92 Å². The second kappa shape index (κ2) is 8.59. The molecule has 15 heavy (non-hydrogen) atoms. The van der Waals surface area contributed by atoms with Gasteiger partial charge < -0.3 is 9.47 Å². The molecule has 0 saturated heterocycles. The molecule has 4 nitrogen and oxygen atoms in total. The Morgan fingerprint density at radius 3 is 2.33 bits per heavy atom. The molecule has 0 bridgehead atoms. The van der Waals surface area contributed by atoms with Crippen LogP contribution in [0.25, 0.3) is 0 Å². The van der Waals surface area contributed by atoms with E-state index in [0.29, 0.717) is 18.8 Å². The summed E-state index contributed by atoms with van der Waals surface area (Å²) < 4.78 is 9.78. The summed E-state index contributed by atoms with van der Waals surface area (Å²) in [6.07, 6.45) is 0.614. The fraction of sp³-hybridized carbons (Fsp3) is 0.800. The van der Waals surface area contributed by atoms with Gasteiger partial charge in [0, 0.05) is 5.75 Å². The maximum atomic E-state index is 11.3. The van der Waals surface area contributed by atoms with E-state index in [-0.39, 0.29) is 23.8 Å². The van der Waals surface area contributed by atoms with Gasteiger partial charge in [-0.15, -0.1) is 0 Å². The van der Waals surface area contributed by atoms with Crippen molar-refractivity contribution in [3.63, 3.8) is 0 Å². The Balaban J connectivity index is 3.89. The quantitative estimate of drug-likeness (QED) is 0.661. The number of esters is 1. The largest absolute Gasteiger partial charge is 0.466 e. The summed E-state index contributed by atoms with van der Waals surface area (Å²) >= 11 is 1.10. The van der Waals surface area contributed by atoms with Crippen molar-refractivity contribution in [3.05, 3.63) is 0 Å². The molecule has 0 fully saturated rings. The van der Waals surface area contributed by atoms with E-state index in [1.807, 2.05) is 13.8 Å². The third kappa shape index (κ3) is 6.38. The molecule has 0 rings (SSSR count). The minimum absolute atomic E-state index is 0.112. The maximum absolute atomic E-state index is 11.3. The van der Waals surface area contributed by atoms with Gasteiger partial charge in [0.25, 0.3) is 0 Å². The third-order valence-electron chi connectivity index (χ3n) is 1.78. The average molecular weight is 234 g/mol. The summed E-state index contributed by atoms with van der Waals surface area (Å²) in [5.74, 6) is 0.0373. The van der Waals surface area contributed by atoms with Gasteiger partial charge in [-0.1, -0.05) is 13.8 Å². The Morgan fingerprint density at radius 2 is 1.87 bits per heavy atom. The standard InChI is InChI=1S/C10H18O4S/c1-4-8(9(11)13-5-2)7-14-10(12)15-6-3/h8H,4-7H2,1-3H3. The number of hydrogen-bond donors (Lipinski definition) is 0. The van der Waals surface area contributed by atoms with Crippen molar-refractivity contribution in [1.82, 2.24) is 0 Å². The van der Waals surface area contributed by atoms with Crippen molar-refractivity contribution < 1.29 is 19.1 Å². The highest BCUT2D eigenvalue weighted by atomic mass is 32.2. The summed E-state index contributed by atoms with van der Waals surface area (Å²) in [4.78, 5) is 22.4. The van der Waals surface area contributed by atoms with Crippen LogP contribution in [-0.4, -0.2) is 30.2 Å². The zero-order valence-electron chi connectivity index (χ0n) is 9.45. The number of carbonyl (C=O) groups excluding carboxylic acids is 2. The highest BCUT2D eigenvalue weighted by Crippen LogP contribution is 2.10. The zero-order valence-corrected chi connectivity index (χ0v) is 10.3. The summed E-state index contributed by atoms with van der Waals surface area (Å²) in [5.41, 5.74) is 0. The summed E-state index contributed by atoms with van der Waals surface area (Å²) in [6, 6.07) is 0. The molecule has 0 aromatic rings. The third-order valence-corrected chi connectivity index (χ3v) is 2.42. The minimum Gasteiger partial charge on any atom is -0.466 e. The SMILES string of the molecule is CCOC(=O)C(CC)COC(=O)SCC. The van der Waals surface area contributed by atoms with Crippen LogP contribution in [0.15, 0.2) is 0 Å². The molecule has 0 heterocycles. The first-order valence-electron chi connectivity index (χ1n) is 5.11. The molecule has 0 aliphatic carbocycles. The number of ether oxygens (including phenoxy) is 2. The van der Waals surface area contributed by atoms with E-state index >= 15 is 0 Å². The van der Waals surface area contributed by atoms with Crippen molar-refractivity contribution >= 4 is 23.0 Å². The van der Waals surface area contributed by atoms with E-state index in [9.17, 15) is 9.59 Å². The molecular weight excluding hydrogens is 216 g/mol. The lowest BCUT2D eigenvalue weighted by atomic mass is 10.1. The number of rotatable bonds is 6. The van der Waals surface area contributed by atoms with Gasteiger partial charge in [-0.05, 0) is 25.1 Å². The second-order valence-electron chi connectivity index (χ2n) is 2.85. The van der Waals surface area contributed by atoms with Gasteiger partial charge in [0.2, 0.25) is 0 Å². The first-order valence-corrected chi connectivity index (χ1v) is 6.10. The Morgan fingerprint density at radius 1 is 1.20 bits per heavy atom. The average Bonchev–Trinajstić information content (AvgIpc) is 2.19. The van der Waals surface area contributed by atoms with Crippen LogP contribution in [0.4, 0.5) is 4.79 Å². The van der Waals surface area contributed by atoms with E-state index in [0.717, 1.165) is 11.8 Å². The fourth-order valence-corrected chi connectivity index (χ4v) is 1.33. The van der Waals surface area contributed by atoms with Crippen LogP contribution in [0.5, 0.6) is 0 Å². The normalized spacial score (nSPS) is 11.9. The van der Waals surface area contributed by atoms with Gasteiger partial charge >= 0.3 is 11.3 Å². The lowest BCUT2D eigenvalue weighted by Gasteiger charge is -2.13. The van der Waals surface area contributed by atoms with Crippen molar-refractivity contribution in [2.75, 3.05) is 19.0 Å². The first kappa shape index (κ1) is 14.3. The Bertz CT molecular complexity index is 206. The van der Waals surface area contributed by atoms with Crippen LogP contribution in [0.1, 0.15) is 27.2 Å². The molecule has 0 aliphatic heterocycles. The van der Waals surface area contributed by atoms with Crippen molar-refractivity contribution in [2.45, 2.75) is 27.2 Å². The molecule has 5 heteroatoms. The van der Waals surface area contributed by atoms with Crippen LogP contribution in [-0.2, 0) is 14.3 Å². The van der Waals surface area contributed by atoms with Crippen LogP contribution in [0, 0.1) is 5.92 Å². The fourth-order valence-electron chi connectivity index (χ4n) is 0.941. The van der Waals surface area contributed by atoms with Crippen molar-refractivity contribution in [2.24, 2.45) is 5.92 Å². The number of hydrogen-bond acceptors (Lipinski definition) is 5. The van der Waals surface area contributed by atoms with Crippen molar-refractivity contribution in [1.29, 1.82) is 0 Å². The molecule has 0 N–H and O–H groups in total. The molecule has 0 aromatic heterocycles. The maximum Gasteiger partial charge on any atom is 0.367 e. The second-order valence-corrected chi connectivity index (χ2v) is 4.05. The Kier molecular flexibility index (Phi) is 8.18. The first-order chi connectivity index (χ1) is 7.15. The Hall–Kier alpha value is -0.710. The van der Waals surface area contributed by atoms with Crippen LogP contribution >= 0.6 is 11.8 Å². The molecule has 0 radical (unpaired) electrons.